The highest BCUT2D eigenvalue weighted by atomic mass is 35.5. The summed E-state index contributed by atoms with van der Waals surface area (Å²) >= 11 is 1.82. The first-order valence-corrected chi connectivity index (χ1v) is 9.43. The van der Waals surface area contributed by atoms with Crippen LogP contribution >= 0.6 is 36.2 Å². The second-order valence-corrected chi connectivity index (χ2v) is 7.58. The molecule has 0 spiro atoms. The summed E-state index contributed by atoms with van der Waals surface area (Å²) in [6.45, 7) is 4.04. The van der Waals surface area contributed by atoms with Crippen LogP contribution < -0.4 is 11.1 Å². The molecule has 1 unspecified atom stereocenters. The normalized spacial score (nSPS) is 17.0. The largest absolute Gasteiger partial charge is 0.399 e. The second-order valence-electron chi connectivity index (χ2n) is 6.55. The van der Waals surface area contributed by atoms with Crippen molar-refractivity contribution in [3.63, 3.8) is 0 Å². The third-order valence-electron chi connectivity index (χ3n) is 4.49. The van der Waals surface area contributed by atoms with E-state index in [1.807, 2.05) is 35.6 Å². The average molecular weight is 416 g/mol. The number of thiophene rings is 1. The molecular weight excluding hydrogens is 389 g/mol. The fourth-order valence-electron chi connectivity index (χ4n) is 3.23. The lowest BCUT2D eigenvalue weighted by Crippen LogP contribution is -2.40. The number of hydrogen-bond acceptors (Lipinski definition) is 4. The highest BCUT2D eigenvalue weighted by molar-refractivity contribution is 7.09. The van der Waals surface area contributed by atoms with Crippen molar-refractivity contribution in [1.82, 2.24) is 10.2 Å². The summed E-state index contributed by atoms with van der Waals surface area (Å²) in [5.74, 6) is 0.643. The van der Waals surface area contributed by atoms with Gasteiger partial charge in [-0.2, -0.15) is 0 Å². The highest BCUT2D eigenvalue weighted by Gasteiger charge is 2.20. The van der Waals surface area contributed by atoms with E-state index in [1.165, 1.54) is 17.7 Å². The summed E-state index contributed by atoms with van der Waals surface area (Å²) < 4.78 is 0. The Morgan fingerprint density at radius 1 is 1.23 bits per heavy atom. The molecule has 0 bridgehead atoms. The molecule has 26 heavy (non-hydrogen) atoms. The fraction of sp³-hybridized carbons (Fsp3) is 0.421. The Morgan fingerprint density at radius 2 is 2.00 bits per heavy atom. The Kier molecular flexibility index (Phi) is 10.0. The molecule has 1 aliphatic rings. The first-order valence-electron chi connectivity index (χ1n) is 8.55. The zero-order valence-corrected chi connectivity index (χ0v) is 17.2. The van der Waals surface area contributed by atoms with E-state index in [0.717, 1.165) is 37.4 Å². The maximum absolute atomic E-state index is 12.1. The number of nitrogens with two attached hydrogens (primary N) is 1. The van der Waals surface area contributed by atoms with Gasteiger partial charge in [-0.1, -0.05) is 18.2 Å². The molecule has 2 heterocycles. The monoisotopic (exact) mass is 415 g/mol. The lowest BCUT2D eigenvalue weighted by molar-refractivity contribution is -0.120. The first-order chi connectivity index (χ1) is 11.7. The average Bonchev–Trinajstić information content (AvgIpc) is 3.08. The van der Waals surface area contributed by atoms with E-state index in [-0.39, 0.29) is 30.7 Å². The van der Waals surface area contributed by atoms with Crippen molar-refractivity contribution in [2.75, 3.05) is 25.4 Å². The Hall–Kier alpha value is -1.27. The minimum atomic E-state index is 0. The molecule has 2 aromatic rings. The van der Waals surface area contributed by atoms with Crippen LogP contribution in [0.5, 0.6) is 0 Å². The van der Waals surface area contributed by atoms with Gasteiger partial charge in [0, 0.05) is 30.2 Å². The number of anilines is 1. The van der Waals surface area contributed by atoms with E-state index in [4.69, 9.17) is 5.73 Å². The van der Waals surface area contributed by atoms with Crippen molar-refractivity contribution in [3.05, 3.63) is 52.2 Å². The van der Waals surface area contributed by atoms with Crippen LogP contribution in [0, 0.1) is 5.92 Å². The number of halogens is 2. The molecule has 1 amide bonds. The number of nitrogen functional groups attached to an aromatic ring is 1. The molecule has 0 radical (unpaired) electrons. The predicted octanol–water partition coefficient (Wildman–Crippen LogP) is 3.74. The topological polar surface area (TPSA) is 58.4 Å². The van der Waals surface area contributed by atoms with Crippen molar-refractivity contribution in [3.8, 4) is 0 Å². The third-order valence-corrected chi connectivity index (χ3v) is 5.36. The summed E-state index contributed by atoms with van der Waals surface area (Å²) in [6.07, 6.45) is 2.83. The van der Waals surface area contributed by atoms with Crippen LogP contribution in [0.15, 0.2) is 41.8 Å². The van der Waals surface area contributed by atoms with Crippen LogP contribution in [0.3, 0.4) is 0 Å². The number of nitrogens with one attached hydrogen (secondary N) is 1. The Bertz CT molecular complexity index is 649. The lowest BCUT2D eigenvalue weighted by atomic mass is 9.98. The van der Waals surface area contributed by atoms with E-state index in [1.54, 1.807) is 0 Å². The summed E-state index contributed by atoms with van der Waals surface area (Å²) in [4.78, 5) is 16.0. The number of likely N-dealkylation sites (tertiary alicyclic amines) is 1. The van der Waals surface area contributed by atoms with Crippen LogP contribution in [-0.4, -0.2) is 30.4 Å². The van der Waals surface area contributed by atoms with Gasteiger partial charge in [-0.15, -0.1) is 36.2 Å². The Balaban J connectivity index is 0.00000169. The van der Waals surface area contributed by atoms with E-state index in [9.17, 15) is 4.79 Å². The smallest absolute Gasteiger partial charge is 0.224 e. The van der Waals surface area contributed by atoms with Gasteiger partial charge in [0.1, 0.15) is 0 Å². The van der Waals surface area contributed by atoms with Gasteiger partial charge in [0.2, 0.25) is 5.91 Å². The van der Waals surface area contributed by atoms with Crippen LogP contribution in [0.1, 0.15) is 23.3 Å². The molecule has 3 rings (SSSR count). The molecule has 144 valence electrons. The standard InChI is InChI=1S/C19H25N3OS.2ClH/c20-17-7-5-15(6-8-17)11-19(23)21-12-16-3-1-9-22(13-16)14-18-4-2-10-24-18;;/h2,4-8,10,16H,1,3,9,11-14,20H2,(H,21,23);2*1H. The zero-order chi connectivity index (χ0) is 16.8. The van der Waals surface area contributed by atoms with E-state index in [0.29, 0.717) is 12.3 Å². The van der Waals surface area contributed by atoms with Gasteiger partial charge in [-0.05, 0) is 54.4 Å². The summed E-state index contributed by atoms with van der Waals surface area (Å²) in [5, 5.41) is 5.23. The maximum Gasteiger partial charge on any atom is 0.224 e. The van der Waals surface area contributed by atoms with Crippen molar-refractivity contribution in [2.45, 2.75) is 25.8 Å². The number of nitrogens with zero attached hydrogens (tertiary/aromatic N) is 1. The molecule has 1 aliphatic heterocycles. The minimum Gasteiger partial charge on any atom is -0.399 e. The first kappa shape index (κ1) is 22.8. The Morgan fingerprint density at radius 3 is 2.69 bits per heavy atom. The molecule has 1 aromatic heterocycles. The van der Waals surface area contributed by atoms with Crippen molar-refractivity contribution in [2.24, 2.45) is 5.92 Å². The third kappa shape index (κ3) is 7.16. The number of benzene rings is 1. The molecule has 0 aliphatic carbocycles. The van der Waals surface area contributed by atoms with E-state index in [2.05, 4.69) is 27.7 Å². The zero-order valence-electron chi connectivity index (χ0n) is 14.7. The summed E-state index contributed by atoms with van der Waals surface area (Å²) in [5.41, 5.74) is 7.40. The molecule has 0 saturated carbocycles. The highest BCUT2D eigenvalue weighted by Crippen LogP contribution is 2.20. The van der Waals surface area contributed by atoms with Gasteiger partial charge >= 0.3 is 0 Å². The summed E-state index contributed by atoms with van der Waals surface area (Å²) in [6, 6.07) is 11.8. The number of hydrogen-bond donors (Lipinski definition) is 2. The molecule has 7 heteroatoms. The number of rotatable bonds is 6. The van der Waals surface area contributed by atoms with Gasteiger partial charge in [0.15, 0.2) is 0 Å². The molecule has 1 saturated heterocycles. The van der Waals surface area contributed by atoms with Crippen LogP contribution in [0.2, 0.25) is 0 Å². The van der Waals surface area contributed by atoms with Gasteiger partial charge in [-0.3, -0.25) is 9.69 Å². The SMILES string of the molecule is Cl.Cl.Nc1ccc(CC(=O)NCC2CCCN(Cc3cccs3)C2)cc1. The molecular formula is C19H27Cl2N3OS. The van der Waals surface area contributed by atoms with Crippen molar-refractivity contribution in [1.29, 1.82) is 0 Å². The quantitative estimate of drug-likeness (QED) is 0.706. The predicted molar refractivity (Wildman–Crippen MR) is 114 cm³/mol. The van der Waals surface area contributed by atoms with Gasteiger partial charge in [-0.25, -0.2) is 0 Å². The van der Waals surface area contributed by atoms with E-state index >= 15 is 0 Å². The lowest BCUT2D eigenvalue weighted by Gasteiger charge is -2.32. The van der Waals surface area contributed by atoms with Gasteiger partial charge in [0.25, 0.3) is 0 Å². The maximum atomic E-state index is 12.1. The molecule has 1 atom stereocenters. The van der Waals surface area contributed by atoms with Crippen molar-refractivity contribution >= 4 is 47.7 Å². The second kappa shape index (κ2) is 11.4. The number of piperidine rings is 1. The van der Waals surface area contributed by atoms with E-state index < -0.39 is 0 Å². The molecule has 1 fully saturated rings. The van der Waals surface area contributed by atoms with Crippen LogP contribution in [0.25, 0.3) is 0 Å². The van der Waals surface area contributed by atoms with Crippen LogP contribution in [-0.2, 0) is 17.8 Å². The number of carbonyl (C=O) groups excluding carboxylic acids is 1. The summed E-state index contributed by atoms with van der Waals surface area (Å²) in [7, 11) is 0. The number of carbonyl (C=O) groups is 1. The van der Waals surface area contributed by atoms with Crippen molar-refractivity contribution < 1.29 is 4.79 Å². The van der Waals surface area contributed by atoms with Gasteiger partial charge in [0.05, 0.1) is 6.42 Å². The fourth-order valence-corrected chi connectivity index (χ4v) is 3.97. The minimum absolute atomic E-state index is 0. The van der Waals surface area contributed by atoms with Gasteiger partial charge < -0.3 is 11.1 Å². The van der Waals surface area contributed by atoms with Crippen LogP contribution in [0.4, 0.5) is 5.69 Å². The molecule has 1 aromatic carbocycles. The Labute approximate surface area is 172 Å². The molecule has 4 nitrogen and oxygen atoms in total. The molecule has 3 N–H and O–H groups in total. The number of amides is 1.